The molecule has 0 saturated carbocycles. The molecule has 0 spiro atoms. The van der Waals surface area contributed by atoms with Crippen molar-refractivity contribution in [2.24, 2.45) is 0 Å². The van der Waals surface area contributed by atoms with E-state index < -0.39 is 56.3 Å². The van der Waals surface area contributed by atoms with Crippen molar-refractivity contribution >= 4 is 31.6 Å². The first-order valence-electron chi connectivity index (χ1n) is 8.94. The Morgan fingerprint density at radius 1 is 0.633 bits per heavy atom. The van der Waals surface area contributed by atoms with E-state index in [1.165, 1.54) is 24.3 Å². The van der Waals surface area contributed by atoms with Gasteiger partial charge in [-0.3, -0.25) is 0 Å². The summed E-state index contributed by atoms with van der Waals surface area (Å²) in [5.41, 5.74) is 1.79. The Morgan fingerprint density at radius 2 is 0.933 bits per heavy atom. The Balaban J connectivity index is 1.79. The van der Waals surface area contributed by atoms with Crippen LogP contribution in [0.25, 0.3) is 0 Å². The molecule has 0 amide bonds. The van der Waals surface area contributed by atoms with Crippen molar-refractivity contribution in [1.29, 1.82) is 0 Å². The third-order valence-electron chi connectivity index (χ3n) is 4.10. The van der Waals surface area contributed by atoms with Crippen molar-refractivity contribution in [3.05, 3.63) is 59.7 Å². The molecule has 0 aliphatic rings. The van der Waals surface area contributed by atoms with E-state index in [2.05, 4.69) is 9.47 Å². The average Bonchev–Trinajstić information content (AvgIpc) is 2.68. The molecule has 0 aliphatic carbocycles. The van der Waals surface area contributed by atoms with Gasteiger partial charge >= 0.3 is 11.9 Å². The van der Waals surface area contributed by atoms with Gasteiger partial charge in [-0.1, -0.05) is 35.4 Å². The summed E-state index contributed by atoms with van der Waals surface area (Å²) in [5, 5.41) is 0. The van der Waals surface area contributed by atoms with Crippen molar-refractivity contribution in [3.8, 4) is 0 Å². The number of ether oxygens (including phenoxy) is 2. The van der Waals surface area contributed by atoms with Gasteiger partial charge in [-0.05, 0) is 38.1 Å². The van der Waals surface area contributed by atoms with E-state index in [1.807, 2.05) is 13.8 Å². The molecule has 10 heteroatoms. The second-order valence-electron chi connectivity index (χ2n) is 6.54. The maximum Gasteiger partial charge on any atom is 0.417 e. The lowest BCUT2D eigenvalue weighted by Crippen LogP contribution is -2.25. The predicted octanol–water partition coefficient (Wildman–Crippen LogP) is 1.64. The molecule has 8 nitrogen and oxygen atoms in total. The molecule has 162 valence electrons. The lowest BCUT2D eigenvalue weighted by Gasteiger charge is -2.08. The van der Waals surface area contributed by atoms with Crippen molar-refractivity contribution in [1.82, 2.24) is 0 Å². The molecule has 2 aromatic rings. The van der Waals surface area contributed by atoms with Gasteiger partial charge in [0.1, 0.15) is 13.2 Å². The summed E-state index contributed by atoms with van der Waals surface area (Å²) >= 11 is 0. The summed E-state index contributed by atoms with van der Waals surface area (Å²) < 4.78 is 57.9. The fourth-order valence-electron chi connectivity index (χ4n) is 2.33. The molecule has 2 rings (SSSR count). The minimum absolute atomic E-state index is 0.0769. The SMILES string of the molecule is Cc1ccc(S(=O)(=O)CCOC(=O)C(=O)OCCS(=O)(=O)c2ccc(C)cc2)cc1. The summed E-state index contributed by atoms with van der Waals surface area (Å²) in [7, 11) is -7.35. The van der Waals surface area contributed by atoms with Crippen LogP contribution in [0.3, 0.4) is 0 Å². The lowest BCUT2D eigenvalue weighted by molar-refractivity contribution is -0.166. The van der Waals surface area contributed by atoms with Gasteiger partial charge in [0.2, 0.25) is 0 Å². The summed E-state index contributed by atoms with van der Waals surface area (Å²) in [5.74, 6) is -3.78. The van der Waals surface area contributed by atoms with Gasteiger partial charge in [0.05, 0.1) is 21.3 Å². The number of hydrogen-bond donors (Lipinski definition) is 0. The molecule has 0 heterocycles. The highest BCUT2D eigenvalue weighted by Gasteiger charge is 2.22. The molecular formula is C20H22O8S2. The van der Waals surface area contributed by atoms with Gasteiger partial charge in [0.25, 0.3) is 0 Å². The zero-order valence-corrected chi connectivity index (χ0v) is 18.2. The number of esters is 2. The molecule has 30 heavy (non-hydrogen) atoms. The molecule has 0 aliphatic heterocycles. The van der Waals surface area contributed by atoms with E-state index in [1.54, 1.807) is 24.3 Å². The van der Waals surface area contributed by atoms with Gasteiger partial charge in [0.15, 0.2) is 19.7 Å². The Bertz CT molecular complexity index is 1010. The maximum atomic E-state index is 12.2. The minimum Gasteiger partial charge on any atom is -0.456 e. The minimum atomic E-state index is -3.68. The van der Waals surface area contributed by atoms with Gasteiger partial charge in [-0.15, -0.1) is 0 Å². The highest BCUT2D eigenvalue weighted by molar-refractivity contribution is 7.91. The first-order valence-corrected chi connectivity index (χ1v) is 12.2. The van der Waals surface area contributed by atoms with Crippen molar-refractivity contribution in [2.75, 3.05) is 24.7 Å². The number of carbonyl (C=O) groups is 2. The Labute approximate surface area is 175 Å². The van der Waals surface area contributed by atoms with E-state index in [9.17, 15) is 26.4 Å². The summed E-state index contributed by atoms with van der Waals surface area (Å²) in [4.78, 5) is 23.4. The smallest absolute Gasteiger partial charge is 0.417 e. The van der Waals surface area contributed by atoms with Crippen LogP contribution in [0.15, 0.2) is 58.3 Å². The number of carbonyl (C=O) groups excluding carboxylic acids is 2. The Hall–Kier alpha value is -2.72. The molecule has 0 fully saturated rings. The highest BCUT2D eigenvalue weighted by Crippen LogP contribution is 2.13. The second kappa shape index (κ2) is 9.86. The monoisotopic (exact) mass is 454 g/mol. The van der Waals surface area contributed by atoms with Crippen molar-refractivity contribution in [2.45, 2.75) is 23.6 Å². The molecule has 0 aromatic heterocycles. The van der Waals surface area contributed by atoms with E-state index >= 15 is 0 Å². The van der Waals surface area contributed by atoms with Crippen LogP contribution in [0.1, 0.15) is 11.1 Å². The third kappa shape index (κ3) is 6.67. The fraction of sp³-hybridized carbons (Fsp3) is 0.300. The zero-order valence-electron chi connectivity index (χ0n) is 16.5. The highest BCUT2D eigenvalue weighted by atomic mass is 32.2. The first-order chi connectivity index (χ1) is 14.0. The largest absolute Gasteiger partial charge is 0.456 e. The third-order valence-corrected chi connectivity index (χ3v) is 7.49. The molecule has 0 N–H and O–H groups in total. The lowest BCUT2D eigenvalue weighted by atomic mass is 10.2. The van der Waals surface area contributed by atoms with Crippen LogP contribution < -0.4 is 0 Å². The van der Waals surface area contributed by atoms with Crippen molar-refractivity contribution < 1.29 is 35.9 Å². The van der Waals surface area contributed by atoms with E-state index in [0.29, 0.717) is 0 Å². The van der Waals surface area contributed by atoms with Crippen LogP contribution in [-0.4, -0.2) is 53.5 Å². The van der Waals surface area contributed by atoms with Crippen LogP contribution in [0.2, 0.25) is 0 Å². The quantitative estimate of drug-likeness (QED) is 0.436. The van der Waals surface area contributed by atoms with E-state index in [0.717, 1.165) is 11.1 Å². The number of sulfone groups is 2. The topological polar surface area (TPSA) is 121 Å². The van der Waals surface area contributed by atoms with Gasteiger partial charge in [-0.25, -0.2) is 26.4 Å². The first kappa shape index (κ1) is 23.6. The van der Waals surface area contributed by atoms with Gasteiger partial charge in [0, 0.05) is 0 Å². The number of rotatable bonds is 8. The fourth-order valence-corrected chi connectivity index (χ4v) is 4.51. The number of benzene rings is 2. The van der Waals surface area contributed by atoms with Crippen molar-refractivity contribution in [3.63, 3.8) is 0 Å². The van der Waals surface area contributed by atoms with Crippen LogP contribution >= 0.6 is 0 Å². The van der Waals surface area contributed by atoms with E-state index in [4.69, 9.17) is 0 Å². The molecule has 2 aromatic carbocycles. The predicted molar refractivity (Wildman–Crippen MR) is 108 cm³/mol. The molecular weight excluding hydrogens is 432 g/mol. The average molecular weight is 455 g/mol. The number of aryl methyl sites for hydroxylation is 2. The molecule has 0 atom stereocenters. The van der Waals surface area contributed by atoms with Crippen LogP contribution in [-0.2, 0) is 38.7 Å². The van der Waals surface area contributed by atoms with Crippen LogP contribution in [0, 0.1) is 13.8 Å². The summed E-state index contributed by atoms with van der Waals surface area (Å²) in [6.07, 6.45) is 0. The second-order valence-corrected chi connectivity index (χ2v) is 10.8. The van der Waals surface area contributed by atoms with Crippen LogP contribution in [0.4, 0.5) is 0 Å². The van der Waals surface area contributed by atoms with Crippen LogP contribution in [0.5, 0.6) is 0 Å². The molecule has 0 unspecified atom stereocenters. The summed E-state index contributed by atoms with van der Waals surface area (Å²) in [6.45, 7) is 2.56. The Morgan fingerprint density at radius 3 is 1.23 bits per heavy atom. The Kier molecular flexibility index (Phi) is 7.74. The van der Waals surface area contributed by atoms with Gasteiger partial charge in [-0.2, -0.15) is 0 Å². The zero-order chi connectivity index (χ0) is 22.4. The van der Waals surface area contributed by atoms with E-state index in [-0.39, 0.29) is 9.79 Å². The number of hydrogen-bond acceptors (Lipinski definition) is 8. The molecule has 0 bridgehead atoms. The standard InChI is InChI=1S/C20H22O8S2/c1-15-3-7-17(8-4-15)29(23,24)13-11-27-19(21)20(22)28-12-14-30(25,26)18-9-5-16(2)6-10-18/h3-10H,11-14H2,1-2H3. The molecule has 0 saturated heterocycles. The van der Waals surface area contributed by atoms with Gasteiger partial charge < -0.3 is 9.47 Å². The maximum absolute atomic E-state index is 12.2. The molecule has 0 radical (unpaired) electrons. The normalized spacial score (nSPS) is 11.7. The summed E-state index contributed by atoms with van der Waals surface area (Å²) in [6, 6.07) is 12.3.